The van der Waals surface area contributed by atoms with E-state index >= 15 is 0 Å². The average molecular weight is 415 g/mol. The van der Waals surface area contributed by atoms with Gasteiger partial charge in [-0.2, -0.15) is 0 Å². The monoisotopic (exact) mass is 415 g/mol. The van der Waals surface area contributed by atoms with Crippen LogP contribution < -0.4 is 16.0 Å². The van der Waals surface area contributed by atoms with Crippen molar-refractivity contribution in [3.63, 3.8) is 0 Å². The molecule has 31 heavy (non-hydrogen) atoms. The SMILES string of the molecule is C=CCc1nc2c(c(=O)[nH]1)[C@@H](CC)[C@]1(c3ccc(N)cc3)Oc3ccc(C)cc3[C@]21O. The number of hydrogen-bond donors (Lipinski definition) is 3. The van der Waals surface area contributed by atoms with Crippen molar-refractivity contribution < 1.29 is 9.84 Å². The van der Waals surface area contributed by atoms with Gasteiger partial charge in [0.1, 0.15) is 11.6 Å². The van der Waals surface area contributed by atoms with Gasteiger partial charge in [0.05, 0.1) is 5.69 Å². The maximum absolute atomic E-state index is 13.2. The first-order valence-electron chi connectivity index (χ1n) is 10.5. The van der Waals surface area contributed by atoms with Gasteiger partial charge >= 0.3 is 0 Å². The molecule has 2 aliphatic rings. The maximum Gasteiger partial charge on any atom is 0.254 e. The van der Waals surface area contributed by atoms with Crippen LogP contribution in [0.25, 0.3) is 0 Å². The van der Waals surface area contributed by atoms with Crippen molar-refractivity contribution in [3.8, 4) is 5.75 Å². The molecule has 5 rings (SSSR count). The third kappa shape index (κ3) is 2.36. The smallest absolute Gasteiger partial charge is 0.254 e. The fourth-order valence-corrected chi connectivity index (χ4v) is 5.35. The van der Waals surface area contributed by atoms with Crippen LogP contribution in [0, 0.1) is 6.92 Å². The van der Waals surface area contributed by atoms with Gasteiger partial charge in [-0.3, -0.25) is 4.79 Å². The van der Waals surface area contributed by atoms with E-state index in [0.717, 1.165) is 11.1 Å². The number of nitrogen functional groups attached to an aromatic ring is 1. The van der Waals surface area contributed by atoms with Crippen LogP contribution in [0.5, 0.6) is 5.75 Å². The van der Waals surface area contributed by atoms with Gasteiger partial charge in [0, 0.05) is 29.2 Å². The van der Waals surface area contributed by atoms with Crippen LogP contribution in [0.3, 0.4) is 0 Å². The molecule has 0 amide bonds. The summed E-state index contributed by atoms with van der Waals surface area (Å²) in [6.07, 6.45) is 2.65. The molecular formula is C25H25N3O3. The molecule has 0 radical (unpaired) electrons. The number of aromatic amines is 1. The molecule has 6 heteroatoms. The topological polar surface area (TPSA) is 101 Å². The highest BCUT2D eigenvalue weighted by Gasteiger charge is 2.71. The Labute approximate surface area is 180 Å². The largest absolute Gasteiger partial charge is 0.478 e. The van der Waals surface area contributed by atoms with E-state index in [1.165, 1.54) is 0 Å². The number of H-pyrrole nitrogens is 1. The standard InChI is InChI=1S/C25H25N3O3/c1-4-6-20-27-22-21(23(29)28-20)17(5-2)25(15-8-10-16(26)11-9-15)24(22,30)18-13-14(3)7-12-19(18)31-25/h4,7-13,17,30H,1,5-6,26H2,2-3H3,(H,27,28,29)/t17-,24+,25+/m1/s1. The number of nitrogens with one attached hydrogen (secondary N) is 1. The molecule has 6 nitrogen and oxygen atoms in total. The van der Waals surface area contributed by atoms with Gasteiger partial charge in [-0.1, -0.05) is 36.8 Å². The van der Waals surface area contributed by atoms with Crippen LogP contribution in [-0.4, -0.2) is 15.1 Å². The number of ether oxygens (including phenoxy) is 1. The lowest BCUT2D eigenvalue weighted by Gasteiger charge is -2.39. The quantitative estimate of drug-likeness (QED) is 0.448. The molecule has 0 saturated heterocycles. The third-order valence-electron chi connectivity index (χ3n) is 6.60. The first kappa shape index (κ1) is 19.6. The van der Waals surface area contributed by atoms with E-state index in [2.05, 4.69) is 11.6 Å². The molecule has 0 fully saturated rings. The van der Waals surface area contributed by atoms with Crippen LogP contribution in [0.2, 0.25) is 0 Å². The minimum absolute atomic E-state index is 0.246. The summed E-state index contributed by atoms with van der Waals surface area (Å²) in [5.41, 5.74) is 6.68. The number of nitrogens with zero attached hydrogens (tertiary/aromatic N) is 1. The zero-order valence-corrected chi connectivity index (χ0v) is 17.6. The second-order valence-corrected chi connectivity index (χ2v) is 8.40. The number of nitrogens with two attached hydrogens (primary N) is 1. The Balaban J connectivity index is 1.91. The van der Waals surface area contributed by atoms with Crippen LogP contribution >= 0.6 is 0 Å². The Hall–Kier alpha value is -3.38. The Morgan fingerprint density at radius 3 is 2.71 bits per heavy atom. The maximum atomic E-state index is 13.2. The Morgan fingerprint density at radius 1 is 1.29 bits per heavy atom. The molecule has 158 valence electrons. The van der Waals surface area contributed by atoms with Crippen molar-refractivity contribution in [2.75, 3.05) is 5.73 Å². The van der Waals surface area contributed by atoms with E-state index in [9.17, 15) is 9.90 Å². The Kier molecular flexibility index (Phi) is 4.14. The minimum Gasteiger partial charge on any atom is -0.478 e. The number of rotatable bonds is 4. The van der Waals surface area contributed by atoms with E-state index in [1.807, 2.05) is 44.2 Å². The summed E-state index contributed by atoms with van der Waals surface area (Å²) in [5.74, 6) is 0.662. The molecule has 0 unspecified atom stereocenters. The average Bonchev–Trinajstić information content (AvgIpc) is 3.12. The van der Waals surface area contributed by atoms with Gasteiger partial charge in [-0.05, 0) is 43.2 Å². The molecule has 3 aromatic rings. The first-order valence-corrected chi connectivity index (χ1v) is 10.5. The number of allylic oxidation sites excluding steroid dienone is 1. The lowest BCUT2D eigenvalue weighted by atomic mass is 9.71. The summed E-state index contributed by atoms with van der Waals surface area (Å²) in [6.45, 7) is 7.71. The molecule has 0 spiro atoms. The van der Waals surface area contributed by atoms with E-state index in [1.54, 1.807) is 18.2 Å². The van der Waals surface area contributed by atoms with Gasteiger partial charge in [-0.25, -0.2) is 4.98 Å². The van der Waals surface area contributed by atoms with E-state index < -0.39 is 17.1 Å². The number of aryl methyl sites for hydroxylation is 1. The van der Waals surface area contributed by atoms with Crippen LogP contribution in [0.1, 0.15) is 53.0 Å². The fourth-order valence-electron chi connectivity index (χ4n) is 5.35. The summed E-state index contributed by atoms with van der Waals surface area (Å²) in [5, 5.41) is 12.6. The van der Waals surface area contributed by atoms with Crippen LogP contribution in [0.4, 0.5) is 5.69 Å². The lowest BCUT2D eigenvalue weighted by Crippen LogP contribution is -2.49. The molecule has 4 N–H and O–H groups in total. The zero-order chi connectivity index (χ0) is 22.0. The molecule has 3 atom stereocenters. The molecule has 1 aliphatic heterocycles. The van der Waals surface area contributed by atoms with Crippen LogP contribution in [-0.2, 0) is 17.6 Å². The lowest BCUT2D eigenvalue weighted by molar-refractivity contribution is -0.0973. The number of anilines is 1. The molecule has 1 aromatic heterocycles. The van der Waals surface area contributed by atoms with Crippen molar-refractivity contribution in [1.82, 2.24) is 9.97 Å². The third-order valence-corrected chi connectivity index (χ3v) is 6.60. The molecule has 0 saturated carbocycles. The Morgan fingerprint density at radius 2 is 2.03 bits per heavy atom. The summed E-state index contributed by atoms with van der Waals surface area (Å²) in [7, 11) is 0. The number of hydrogen-bond acceptors (Lipinski definition) is 5. The van der Waals surface area contributed by atoms with Gasteiger partial charge in [-0.15, -0.1) is 6.58 Å². The highest BCUT2D eigenvalue weighted by molar-refractivity contribution is 5.62. The van der Waals surface area contributed by atoms with E-state index in [0.29, 0.717) is 46.9 Å². The summed E-state index contributed by atoms with van der Waals surface area (Å²) in [6, 6.07) is 13.1. The normalized spacial score (nSPS) is 25.5. The van der Waals surface area contributed by atoms with E-state index in [-0.39, 0.29) is 5.56 Å². The summed E-state index contributed by atoms with van der Waals surface area (Å²) < 4.78 is 6.64. The number of aromatic nitrogens is 2. The van der Waals surface area contributed by atoms with Crippen LogP contribution in [0.15, 0.2) is 59.9 Å². The molecule has 0 bridgehead atoms. The Bertz CT molecular complexity index is 1260. The number of benzene rings is 2. The second kappa shape index (κ2) is 6.56. The fraction of sp³-hybridized carbons (Fsp3) is 0.280. The zero-order valence-electron chi connectivity index (χ0n) is 17.6. The van der Waals surface area contributed by atoms with Crippen molar-refractivity contribution in [1.29, 1.82) is 0 Å². The number of aliphatic hydroxyl groups is 1. The van der Waals surface area contributed by atoms with Crippen molar-refractivity contribution in [3.05, 3.63) is 99.2 Å². The second-order valence-electron chi connectivity index (χ2n) is 8.40. The van der Waals surface area contributed by atoms with Crippen molar-refractivity contribution in [2.45, 2.75) is 43.8 Å². The van der Waals surface area contributed by atoms with E-state index in [4.69, 9.17) is 15.5 Å². The summed E-state index contributed by atoms with van der Waals surface area (Å²) in [4.78, 5) is 20.9. The highest BCUT2D eigenvalue weighted by Crippen LogP contribution is 2.66. The predicted molar refractivity (Wildman–Crippen MR) is 119 cm³/mol. The van der Waals surface area contributed by atoms with Crippen molar-refractivity contribution in [2.24, 2.45) is 0 Å². The number of fused-ring (bicyclic) bond motifs is 5. The van der Waals surface area contributed by atoms with Gasteiger partial charge in [0.25, 0.3) is 5.56 Å². The minimum atomic E-state index is -1.62. The molecule has 1 aliphatic carbocycles. The van der Waals surface area contributed by atoms with Gasteiger partial charge in [0.15, 0.2) is 11.2 Å². The van der Waals surface area contributed by atoms with Gasteiger partial charge < -0.3 is 20.6 Å². The van der Waals surface area contributed by atoms with Gasteiger partial charge in [0.2, 0.25) is 0 Å². The molecule has 2 aromatic carbocycles. The first-order chi connectivity index (χ1) is 14.9. The van der Waals surface area contributed by atoms with Crippen molar-refractivity contribution >= 4 is 5.69 Å². The predicted octanol–water partition coefficient (Wildman–Crippen LogP) is 3.42. The summed E-state index contributed by atoms with van der Waals surface area (Å²) >= 11 is 0. The highest BCUT2D eigenvalue weighted by atomic mass is 16.5. The molecular weight excluding hydrogens is 390 g/mol. The molecule has 2 heterocycles.